The maximum Gasteiger partial charge on any atom is 0.270 e. The van der Waals surface area contributed by atoms with Crippen LogP contribution in [0.15, 0.2) is 110 Å². The Morgan fingerprint density at radius 1 is 0.500 bits per heavy atom. The van der Waals surface area contributed by atoms with Crippen molar-refractivity contribution in [2.75, 3.05) is 32.8 Å². The first kappa shape index (κ1) is 37.9. The van der Waals surface area contributed by atoms with E-state index in [1.807, 2.05) is 48.5 Å². The number of nitrogens with zero attached hydrogens (tertiary/aromatic N) is 2. The van der Waals surface area contributed by atoms with Crippen molar-refractivity contribution in [3.63, 3.8) is 0 Å². The smallest absolute Gasteiger partial charge is 0.270 e. The summed E-state index contributed by atoms with van der Waals surface area (Å²) < 4.78 is 5.55. The second kappa shape index (κ2) is 19.8. The highest BCUT2D eigenvalue weighted by atomic mass is 16.5. The van der Waals surface area contributed by atoms with Gasteiger partial charge in [0.15, 0.2) is 0 Å². The second-order valence-electron chi connectivity index (χ2n) is 13.3. The molecule has 0 fully saturated rings. The number of nitrogens with one attached hydrogen (secondary N) is 4. The molecule has 0 unspecified atom stereocenters. The fourth-order valence-electron chi connectivity index (χ4n) is 6.73. The summed E-state index contributed by atoms with van der Waals surface area (Å²) in [6.45, 7) is 5.30. The van der Waals surface area contributed by atoms with Gasteiger partial charge in [-0.2, -0.15) is 0 Å². The van der Waals surface area contributed by atoms with Crippen molar-refractivity contribution in [2.24, 2.45) is 0 Å². The minimum absolute atomic E-state index is 0.000602. The average Bonchev–Trinajstić information content (AvgIpc) is 3.38. The van der Waals surface area contributed by atoms with Gasteiger partial charge in [-0.1, -0.05) is 66.7 Å². The largest absolute Gasteiger partial charge is 0.493 e. The van der Waals surface area contributed by atoms with E-state index >= 15 is 0 Å². The lowest BCUT2D eigenvalue weighted by Crippen LogP contribution is -2.31. The number of amides is 3. The number of hydrogen-bond acceptors (Lipinski definition) is 7. The van der Waals surface area contributed by atoms with E-state index in [9.17, 15) is 14.4 Å². The molecular formula is C44H48N6O4. The fraction of sp³-hybridized carbons (Fsp3) is 0.295. The summed E-state index contributed by atoms with van der Waals surface area (Å²) >= 11 is 0. The molecule has 0 spiro atoms. The number of ether oxygens (including phenoxy) is 1. The number of aromatic nitrogens is 2. The highest BCUT2D eigenvalue weighted by molar-refractivity contribution is 5.97. The van der Waals surface area contributed by atoms with Crippen molar-refractivity contribution in [3.8, 4) is 5.75 Å². The zero-order valence-electron chi connectivity index (χ0n) is 30.6. The summed E-state index contributed by atoms with van der Waals surface area (Å²) in [5.74, 6) is 1.09. The van der Waals surface area contributed by atoms with Crippen LogP contribution in [0, 0.1) is 0 Å². The molecule has 278 valence electrons. The minimum atomic E-state index is -0.0596. The number of para-hydroxylation sites is 1. The molecule has 10 nitrogen and oxygen atoms in total. The summed E-state index contributed by atoms with van der Waals surface area (Å²) in [5.41, 5.74) is 9.80. The Kier molecular flexibility index (Phi) is 13.9. The van der Waals surface area contributed by atoms with Crippen LogP contribution in [-0.2, 0) is 38.6 Å². The van der Waals surface area contributed by atoms with E-state index in [2.05, 4.69) is 73.7 Å². The van der Waals surface area contributed by atoms with Crippen molar-refractivity contribution in [3.05, 3.63) is 160 Å². The topological polar surface area (TPSA) is 134 Å². The van der Waals surface area contributed by atoms with E-state index in [1.165, 1.54) is 48.8 Å². The van der Waals surface area contributed by atoms with Gasteiger partial charge in [-0.3, -0.25) is 24.4 Å². The van der Waals surface area contributed by atoms with Crippen LogP contribution in [0.3, 0.4) is 0 Å². The van der Waals surface area contributed by atoms with Crippen molar-refractivity contribution in [1.82, 2.24) is 31.2 Å². The Labute approximate surface area is 317 Å². The SMILES string of the molecule is O=C1NCCc2ccccc21.O=C1NCCc2ccncc21.O=C1NCc2cccnc21.c1ccc2c(c1)CCCCO2.c1ccc2c(c1)CCNCC2. The molecule has 4 N–H and O–H groups in total. The molecule has 0 atom stereocenters. The molecule has 5 aliphatic rings. The van der Waals surface area contributed by atoms with Crippen LogP contribution in [0.2, 0.25) is 0 Å². The molecule has 0 saturated heterocycles. The van der Waals surface area contributed by atoms with Crippen LogP contribution in [0.1, 0.15) is 77.4 Å². The van der Waals surface area contributed by atoms with Gasteiger partial charge in [0.2, 0.25) is 0 Å². The lowest BCUT2D eigenvalue weighted by atomic mass is 10.0. The molecular weight excluding hydrogens is 677 g/mol. The Balaban J connectivity index is 0.000000115. The van der Waals surface area contributed by atoms with Gasteiger partial charge in [0.25, 0.3) is 17.7 Å². The quantitative estimate of drug-likeness (QED) is 0.167. The summed E-state index contributed by atoms with van der Waals surface area (Å²) in [5, 5.41) is 11.6. The molecule has 0 aliphatic carbocycles. The van der Waals surface area contributed by atoms with E-state index in [-0.39, 0.29) is 17.7 Å². The number of pyridine rings is 2. The molecule has 0 saturated carbocycles. The van der Waals surface area contributed by atoms with Gasteiger partial charge in [0, 0.05) is 49.4 Å². The standard InChI is InChI=1S/C10H13N.C10H12O.C9H9NO.C8H8N2O.C7H6N2O/c1-2-4-10-6-8-11-7-5-9(10)3-1;1-2-7-10-9(5-1)6-3-4-8-11-10;11-9-8-4-2-1-3-7(8)5-6-10-9;11-8-7-5-9-3-1-6(7)2-4-10-8;10-7-6-5(4-9-7)2-1-3-8-6/h1-4,11H,5-8H2;1-2,5,7H,3-4,6,8H2;1-4H,5-6H2,(H,10,11);1,3,5H,2,4H2,(H,10,11);1-3H,4H2,(H,9,10). The van der Waals surface area contributed by atoms with Gasteiger partial charge in [0.1, 0.15) is 11.4 Å². The number of hydrogen-bond donors (Lipinski definition) is 4. The van der Waals surface area contributed by atoms with Crippen LogP contribution in [0.4, 0.5) is 0 Å². The third-order valence-electron chi connectivity index (χ3n) is 9.65. The molecule has 3 amide bonds. The zero-order valence-corrected chi connectivity index (χ0v) is 30.6. The molecule has 7 heterocycles. The van der Waals surface area contributed by atoms with Gasteiger partial charge < -0.3 is 26.0 Å². The summed E-state index contributed by atoms with van der Waals surface area (Å²) in [6, 6.07) is 30.4. The highest BCUT2D eigenvalue weighted by Gasteiger charge is 2.19. The number of fused-ring (bicyclic) bond motifs is 5. The van der Waals surface area contributed by atoms with Gasteiger partial charge >= 0.3 is 0 Å². The monoisotopic (exact) mass is 724 g/mol. The molecule has 0 radical (unpaired) electrons. The predicted molar refractivity (Wildman–Crippen MR) is 210 cm³/mol. The average molecular weight is 725 g/mol. The van der Waals surface area contributed by atoms with E-state index in [0.717, 1.165) is 79.2 Å². The maximum absolute atomic E-state index is 11.2. The molecule has 3 aromatic carbocycles. The molecule has 10 heteroatoms. The molecule has 2 aromatic heterocycles. The summed E-state index contributed by atoms with van der Waals surface area (Å²) in [4.78, 5) is 41.0. The number of carbonyl (C=O) groups is 3. The molecule has 10 rings (SSSR count). The number of benzene rings is 3. The first-order valence-corrected chi connectivity index (χ1v) is 18.8. The number of rotatable bonds is 0. The predicted octanol–water partition coefficient (Wildman–Crippen LogP) is 5.44. The van der Waals surface area contributed by atoms with Crippen LogP contribution in [0.5, 0.6) is 5.75 Å². The van der Waals surface area contributed by atoms with Gasteiger partial charge in [0.05, 0.1) is 12.2 Å². The van der Waals surface area contributed by atoms with Gasteiger partial charge in [-0.25, -0.2) is 0 Å². The molecule has 5 aliphatic heterocycles. The van der Waals surface area contributed by atoms with Crippen LogP contribution < -0.4 is 26.0 Å². The third-order valence-corrected chi connectivity index (χ3v) is 9.65. The third kappa shape index (κ3) is 10.6. The van der Waals surface area contributed by atoms with Crippen LogP contribution >= 0.6 is 0 Å². The Morgan fingerprint density at radius 3 is 1.81 bits per heavy atom. The summed E-state index contributed by atoms with van der Waals surface area (Å²) in [6.07, 6.45) is 12.9. The lowest BCUT2D eigenvalue weighted by molar-refractivity contribution is 0.0937. The molecule has 54 heavy (non-hydrogen) atoms. The van der Waals surface area contributed by atoms with E-state index in [1.54, 1.807) is 18.6 Å². The summed E-state index contributed by atoms with van der Waals surface area (Å²) in [7, 11) is 0. The normalized spacial score (nSPS) is 15.8. The van der Waals surface area contributed by atoms with Crippen molar-refractivity contribution in [2.45, 2.75) is 51.5 Å². The van der Waals surface area contributed by atoms with Crippen molar-refractivity contribution < 1.29 is 19.1 Å². The first-order chi connectivity index (χ1) is 26.6. The van der Waals surface area contributed by atoms with E-state index < -0.39 is 0 Å². The highest BCUT2D eigenvalue weighted by Crippen LogP contribution is 2.23. The molecule has 5 aromatic rings. The molecule has 0 bridgehead atoms. The Hall–Kier alpha value is -5.87. The van der Waals surface area contributed by atoms with Crippen molar-refractivity contribution >= 4 is 17.7 Å². The van der Waals surface area contributed by atoms with Gasteiger partial charge in [-0.15, -0.1) is 0 Å². The maximum atomic E-state index is 11.2. The van der Waals surface area contributed by atoms with Gasteiger partial charge in [-0.05, 0) is 110 Å². The number of carbonyl (C=O) groups excluding carboxylic acids is 3. The first-order valence-electron chi connectivity index (χ1n) is 18.8. The van der Waals surface area contributed by atoms with Crippen LogP contribution in [-0.4, -0.2) is 60.5 Å². The van der Waals surface area contributed by atoms with E-state index in [4.69, 9.17) is 4.74 Å². The lowest BCUT2D eigenvalue weighted by Gasteiger charge is -2.15. The minimum Gasteiger partial charge on any atom is -0.493 e. The fourth-order valence-corrected chi connectivity index (χ4v) is 6.73. The number of aryl methyl sites for hydroxylation is 1. The Morgan fingerprint density at radius 2 is 1.11 bits per heavy atom. The van der Waals surface area contributed by atoms with E-state index in [0.29, 0.717) is 12.2 Å². The van der Waals surface area contributed by atoms with Crippen LogP contribution in [0.25, 0.3) is 0 Å². The van der Waals surface area contributed by atoms with Crippen molar-refractivity contribution in [1.29, 1.82) is 0 Å². The Bertz CT molecular complexity index is 1870. The zero-order chi connectivity index (χ0) is 37.4. The second-order valence-corrected chi connectivity index (χ2v) is 13.3.